The molecule has 0 radical (unpaired) electrons. The van der Waals surface area contributed by atoms with E-state index < -0.39 is 11.7 Å². The predicted octanol–water partition coefficient (Wildman–Crippen LogP) is 3.75. The number of halogens is 1. The molecule has 6 heteroatoms. The van der Waals surface area contributed by atoms with Gasteiger partial charge in [-0.15, -0.1) is 0 Å². The van der Waals surface area contributed by atoms with Crippen molar-refractivity contribution in [2.75, 3.05) is 17.2 Å². The van der Waals surface area contributed by atoms with Crippen molar-refractivity contribution in [3.8, 4) is 5.75 Å². The predicted molar refractivity (Wildman–Crippen MR) is 93.5 cm³/mol. The highest BCUT2D eigenvalue weighted by Gasteiger charge is 2.18. The molecular weight excluding hydrogens is 323 g/mol. The molecule has 0 aromatic heterocycles. The largest absolute Gasteiger partial charge is 0.490 e. The minimum Gasteiger partial charge on any atom is -0.490 e. The monoisotopic (exact) mass is 342 g/mol. The van der Waals surface area contributed by atoms with E-state index in [1.165, 1.54) is 18.2 Å². The third-order valence-corrected chi connectivity index (χ3v) is 3.99. The standard InChI is InChI=1S/C19H19FN2O3/c1-2-25-18-14(6-4-7-15(18)20)19(24)21-13-9-10-16-12(11-13)5-3-8-17(23)22-16/h4,6-7,9-11H,2-3,5,8H2,1H3,(H,21,24)(H,22,23). The lowest BCUT2D eigenvalue weighted by molar-refractivity contribution is -0.116. The molecule has 0 aliphatic carbocycles. The van der Waals surface area contributed by atoms with E-state index in [-0.39, 0.29) is 23.8 Å². The molecule has 1 aliphatic heterocycles. The van der Waals surface area contributed by atoms with Crippen LogP contribution in [-0.2, 0) is 11.2 Å². The number of anilines is 2. The van der Waals surface area contributed by atoms with E-state index in [1.54, 1.807) is 19.1 Å². The van der Waals surface area contributed by atoms with E-state index in [4.69, 9.17) is 4.74 Å². The molecule has 3 rings (SSSR count). The molecule has 1 heterocycles. The normalized spacial score (nSPS) is 13.4. The van der Waals surface area contributed by atoms with Crippen molar-refractivity contribution in [1.29, 1.82) is 0 Å². The summed E-state index contributed by atoms with van der Waals surface area (Å²) >= 11 is 0. The third kappa shape index (κ3) is 3.79. The number of rotatable bonds is 4. The Bertz CT molecular complexity index is 820. The van der Waals surface area contributed by atoms with Gasteiger partial charge in [0, 0.05) is 17.8 Å². The summed E-state index contributed by atoms with van der Waals surface area (Å²) in [5.74, 6) is -1.07. The number of benzene rings is 2. The second kappa shape index (κ2) is 7.34. The maximum absolute atomic E-state index is 13.9. The molecule has 0 fully saturated rings. The number of ether oxygens (including phenoxy) is 1. The van der Waals surface area contributed by atoms with Gasteiger partial charge in [0.1, 0.15) is 0 Å². The van der Waals surface area contributed by atoms with Crippen molar-refractivity contribution in [3.63, 3.8) is 0 Å². The topological polar surface area (TPSA) is 67.4 Å². The zero-order chi connectivity index (χ0) is 17.8. The lowest BCUT2D eigenvalue weighted by Gasteiger charge is -2.13. The molecule has 2 aromatic rings. The average molecular weight is 342 g/mol. The molecule has 0 atom stereocenters. The van der Waals surface area contributed by atoms with Crippen molar-refractivity contribution >= 4 is 23.2 Å². The van der Waals surface area contributed by atoms with Crippen molar-refractivity contribution in [3.05, 3.63) is 53.3 Å². The number of hydrogen-bond donors (Lipinski definition) is 2. The summed E-state index contributed by atoms with van der Waals surface area (Å²) in [7, 11) is 0. The van der Waals surface area contributed by atoms with Crippen LogP contribution in [0.2, 0.25) is 0 Å². The van der Waals surface area contributed by atoms with Gasteiger partial charge in [-0.1, -0.05) is 6.07 Å². The number of carbonyl (C=O) groups excluding carboxylic acids is 2. The quantitative estimate of drug-likeness (QED) is 0.889. The van der Waals surface area contributed by atoms with E-state index in [0.717, 1.165) is 24.1 Å². The average Bonchev–Trinajstić information content (AvgIpc) is 2.77. The summed E-state index contributed by atoms with van der Waals surface area (Å²) in [4.78, 5) is 24.1. The molecule has 25 heavy (non-hydrogen) atoms. The highest BCUT2D eigenvalue weighted by atomic mass is 19.1. The Kier molecular flexibility index (Phi) is 4.97. The number of aryl methyl sites for hydroxylation is 1. The Balaban J connectivity index is 1.84. The van der Waals surface area contributed by atoms with Gasteiger partial charge in [-0.05, 0) is 55.7 Å². The molecular formula is C19H19FN2O3. The van der Waals surface area contributed by atoms with Crippen LogP contribution in [-0.4, -0.2) is 18.4 Å². The van der Waals surface area contributed by atoms with Crippen molar-refractivity contribution in [2.45, 2.75) is 26.2 Å². The first-order valence-corrected chi connectivity index (χ1v) is 8.24. The number of carbonyl (C=O) groups is 2. The SMILES string of the molecule is CCOc1c(F)cccc1C(=O)Nc1ccc2c(c1)CCCC(=O)N2. The van der Waals surface area contributed by atoms with Crippen LogP contribution in [0.25, 0.3) is 0 Å². The number of hydrogen-bond acceptors (Lipinski definition) is 3. The van der Waals surface area contributed by atoms with E-state index in [1.807, 2.05) is 6.07 Å². The second-order valence-electron chi connectivity index (χ2n) is 5.78. The smallest absolute Gasteiger partial charge is 0.259 e. The Hall–Kier alpha value is -2.89. The number of amides is 2. The summed E-state index contributed by atoms with van der Waals surface area (Å²) in [5, 5.41) is 5.61. The maximum atomic E-state index is 13.9. The van der Waals surface area contributed by atoms with Gasteiger partial charge in [-0.25, -0.2) is 4.39 Å². The molecule has 0 saturated carbocycles. The Morgan fingerprint density at radius 1 is 1.28 bits per heavy atom. The lowest BCUT2D eigenvalue weighted by Crippen LogP contribution is -2.15. The highest BCUT2D eigenvalue weighted by molar-refractivity contribution is 6.06. The van der Waals surface area contributed by atoms with E-state index >= 15 is 0 Å². The van der Waals surface area contributed by atoms with Gasteiger partial charge in [-0.2, -0.15) is 0 Å². The Labute approximate surface area is 145 Å². The summed E-state index contributed by atoms with van der Waals surface area (Å²) in [6.45, 7) is 1.99. The van der Waals surface area contributed by atoms with Crippen LogP contribution in [0.1, 0.15) is 35.7 Å². The van der Waals surface area contributed by atoms with Gasteiger partial charge in [0.15, 0.2) is 11.6 Å². The maximum Gasteiger partial charge on any atom is 0.259 e. The number of fused-ring (bicyclic) bond motifs is 1. The molecule has 1 aliphatic rings. The van der Waals surface area contributed by atoms with Gasteiger partial charge < -0.3 is 15.4 Å². The first kappa shape index (κ1) is 17.0. The fourth-order valence-electron chi connectivity index (χ4n) is 2.83. The number of para-hydroxylation sites is 1. The molecule has 0 saturated heterocycles. The Morgan fingerprint density at radius 2 is 2.12 bits per heavy atom. The van der Waals surface area contributed by atoms with Crippen molar-refractivity contribution < 1.29 is 18.7 Å². The zero-order valence-electron chi connectivity index (χ0n) is 13.9. The summed E-state index contributed by atoms with van der Waals surface area (Å²) in [5.41, 5.74) is 2.46. The fourth-order valence-corrected chi connectivity index (χ4v) is 2.83. The molecule has 0 spiro atoms. The third-order valence-electron chi connectivity index (χ3n) is 3.99. The van der Waals surface area contributed by atoms with Gasteiger partial charge >= 0.3 is 0 Å². The van der Waals surface area contributed by atoms with Crippen LogP contribution in [0.3, 0.4) is 0 Å². The van der Waals surface area contributed by atoms with Crippen LogP contribution in [0.5, 0.6) is 5.75 Å². The van der Waals surface area contributed by atoms with Crippen LogP contribution < -0.4 is 15.4 Å². The van der Waals surface area contributed by atoms with Crippen LogP contribution in [0.4, 0.5) is 15.8 Å². The molecule has 130 valence electrons. The minimum absolute atomic E-state index is 0.00310. The van der Waals surface area contributed by atoms with E-state index in [9.17, 15) is 14.0 Å². The van der Waals surface area contributed by atoms with Crippen LogP contribution in [0, 0.1) is 5.82 Å². The fraction of sp³-hybridized carbons (Fsp3) is 0.263. The lowest BCUT2D eigenvalue weighted by atomic mass is 10.1. The van der Waals surface area contributed by atoms with Crippen molar-refractivity contribution in [2.24, 2.45) is 0 Å². The summed E-state index contributed by atoms with van der Waals surface area (Å²) in [6.07, 6.45) is 1.99. The van der Waals surface area contributed by atoms with Gasteiger partial charge in [0.2, 0.25) is 5.91 Å². The van der Waals surface area contributed by atoms with Gasteiger partial charge in [-0.3, -0.25) is 9.59 Å². The molecule has 5 nitrogen and oxygen atoms in total. The second-order valence-corrected chi connectivity index (χ2v) is 5.78. The molecule has 0 bridgehead atoms. The van der Waals surface area contributed by atoms with E-state index in [0.29, 0.717) is 12.1 Å². The summed E-state index contributed by atoms with van der Waals surface area (Å²) in [6, 6.07) is 9.56. The molecule has 2 aromatic carbocycles. The zero-order valence-corrected chi connectivity index (χ0v) is 13.9. The van der Waals surface area contributed by atoms with Crippen LogP contribution >= 0.6 is 0 Å². The van der Waals surface area contributed by atoms with Crippen molar-refractivity contribution in [1.82, 2.24) is 0 Å². The van der Waals surface area contributed by atoms with Crippen LogP contribution in [0.15, 0.2) is 36.4 Å². The first-order valence-electron chi connectivity index (χ1n) is 8.24. The van der Waals surface area contributed by atoms with Gasteiger partial charge in [0.05, 0.1) is 12.2 Å². The summed E-state index contributed by atoms with van der Waals surface area (Å²) < 4.78 is 19.2. The number of nitrogens with one attached hydrogen (secondary N) is 2. The first-order chi connectivity index (χ1) is 12.1. The molecule has 2 N–H and O–H groups in total. The minimum atomic E-state index is -0.570. The van der Waals surface area contributed by atoms with E-state index in [2.05, 4.69) is 10.6 Å². The molecule has 2 amide bonds. The highest BCUT2D eigenvalue weighted by Crippen LogP contribution is 2.27. The Morgan fingerprint density at radius 3 is 2.92 bits per heavy atom. The molecule has 0 unspecified atom stereocenters. The van der Waals surface area contributed by atoms with Gasteiger partial charge in [0.25, 0.3) is 5.91 Å².